The van der Waals surface area contributed by atoms with E-state index < -0.39 is 17.2 Å². The minimum atomic E-state index is -0.893. The van der Waals surface area contributed by atoms with Gasteiger partial charge >= 0.3 is 0 Å². The van der Waals surface area contributed by atoms with Crippen LogP contribution in [0.25, 0.3) is 0 Å². The second-order valence-corrected chi connectivity index (χ2v) is 6.37. The van der Waals surface area contributed by atoms with E-state index in [-0.39, 0.29) is 6.61 Å². The summed E-state index contributed by atoms with van der Waals surface area (Å²) in [5, 5.41) is 23.6. The van der Waals surface area contributed by atoms with Crippen LogP contribution in [0.1, 0.15) is 27.7 Å². The van der Waals surface area contributed by atoms with Crippen LogP contribution in [-0.4, -0.2) is 40.6 Å². The number of para-hydroxylation sites is 1. The van der Waals surface area contributed by atoms with E-state index in [4.69, 9.17) is 16.3 Å². The summed E-state index contributed by atoms with van der Waals surface area (Å²) in [5.41, 5.74) is -1.41. The van der Waals surface area contributed by atoms with Gasteiger partial charge in [0.2, 0.25) is 0 Å². The smallest absolute Gasteiger partial charge is 0.138 e. The Hall–Kier alpha value is -0.810. The van der Waals surface area contributed by atoms with Gasteiger partial charge in [-0.15, -0.1) is 0 Å². The highest BCUT2D eigenvalue weighted by Gasteiger charge is 2.34. The van der Waals surface area contributed by atoms with Crippen molar-refractivity contribution < 1.29 is 14.9 Å². The normalized spacial score (nSPS) is 14.2. The monoisotopic (exact) mass is 301 g/mol. The van der Waals surface area contributed by atoms with Crippen molar-refractivity contribution in [1.82, 2.24) is 5.32 Å². The van der Waals surface area contributed by atoms with E-state index in [1.165, 1.54) is 0 Å². The van der Waals surface area contributed by atoms with E-state index in [9.17, 15) is 10.2 Å². The summed E-state index contributed by atoms with van der Waals surface area (Å²) >= 11 is 5.96. The Morgan fingerprint density at radius 2 is 1.85 bits per heavy atom. The van der Waals surface area contributed by atoms with Gasteiger partial charge in [0.1, 0.15) is 18.5 Å². The molecule has 0 aliphatic heterocycles. The molecule has 0 amide bonds. The summed E-state index contributed by atoms with van der Waals surface area (Å²) in [6.07, 6.45) is -0.687. The lowest BCUT2D eigenvalue weighted by Gasteiger charge is -2.38. The zero-order valence-corrected chi connectivity index (χ0v) is 13.2. The van der Waals surface area contributed by atoms with Crippen LogP contribution in [-0.2, 0) is 0 Å². The molecule has 0 spiro atoms. The first-order chi connectivity index (χ1) is 9.13. The van der Waals surface area contributed by atoms with Gasteiger partial charge in [-0.05, 0) is 39.8 Å². The van der Waals surface area contributed by atoms with Crippen LogP contribution in [0.3, 0.4) is 0 Å². The molecule has 0 aliphatic rings. The topological polar surface area (TPSA) is 61.7 Å². The van der Waals surface area contributed by atoms with Crippen LogP contribution < -0.4 is 10.1 Å². The van der Waals surface area contributed by atoms with E-state index >= 15 is 0 Å². The molecule has 4 nitrogen and oxygen atoms in total. The Morgan fingerprint density at radius 3 is 2.40 bits per heavy atom. The first kappa shape index (κ1) is 17.2. The highest BCUT2D eigenvalue weighted by Crippen LogP contribution is 2.23. The number of aliphatic hydroxyl groups is 2. The maximum Gasteiger partial charge on any atom is 0.138 e. The predicted molar refractivity (Wildman–Crippen MR) is 81.3 cm³/mol. The standard InChI is InChI=1S/C15H24ClNO3/c1-14(2,15(3,4)19)17-9-11(18)10-20-13-8-6-5-7-12(13)16/h5-8,11,17-19H,9-10H2,1-4H3. The lowest BCUT2D eigenvalue weighted by Crippen LogP contribution is -2.57. The largest absolute Gasteiger partial charge is 0.489 e. The third-order valence-corrected chi connectivity index (χ3v) is 3.89. The molecule has 0 fully saturated rings. The van der Waals surface area contributed by atoms with Crippen molar-refractivity contribution in [2.75, 3.05) is 13.2 Å². The van der Waals surface area contributed by atoms with Crippen LogP contribution in [0.15, 0.2) is 24.3 Å². The summed E-state index contributed by atoms with van der Waals surface area (Å²) in [4.78, 5) is 0. The number of halogens is 1. The minimum Gasteiger partial charge on any atom is -0.489 e. The molecular formula is C15H24ClNO3. The Kier molecular flexibility index (Phi) is 5.83. The van der Waals surface area contributed by atoms with Crippen molar-refractivity contribution in [3.8, 4) is 5.75 Å². The quantitative estimate of drug-likeness (QED) is 0.723. The van der Waals surface area contributed by atoms with Gasteiger partial charge < -0.3 is 20.3 Å². The lowest BCUT2D eigenvalue weighted by atomic mass is 9.86. The van der Waals surface area contributed by atoms with E-state index in [0.717, 1.165) is 0 Å². The van der Waals surface area contributed by atoms with Gasteiger partial charge in [0.05, 0.1) is 10.6 Å². The third-order valence-electron chi connectivity index (χ3n) is 3.58. The number of aliphatic hydroxyl groups excluding tert-OH is 1. The molecule has 20 heavy (non-hydrogen) atoms. The predicted octanol–water partition coefficient (Wildman–Crippen LogP) is 2.22. The van der Waals surface area contributed by atoms with E-state index in [2.05, 4.69) is 5.32 Å². The number of hydrogen-bond acceptors (Lipinski definition) is 4. The molecule has 0 bridgehead atoms. The minimum absolute atomic E-state index is 0.138. The zero-order chi connectivity index (χ0) is 15.4. The molecule has 114 valence electrons. The van der Waals surface area contributed by atoms with Crippen LogP contribution in [0.5, 0.6) is 5.75 Å². The molecule has 1 aromatic carbocycles. The summed E-state index contributed by atoms with van der Waals surface area (Å²) in [7, 11) is 0. The van der Waals surface area contributed by atoms with Crippen molar-refractivity contribution in [1.29, 1.82) is 0 Å². The van der Waals surface area contributed by atoms with Crippen molar-refractivity contribution in [3.05, 3.63) is 29.3 Å². The average Bonchev–Trinajstić information content (AvgIpc) is 2.34. The molecule has 0 saturated heterocycles. The number of nitrogens with one attached hydrogen (secondary N) is 1. The van der Waals surface area contributed by atoms with Gasteiger partial charge in [-0.3, -0.25) is 0 Å². The highest BCUT2D eigenvalue weighted by atomic mass is 35.5. The summed E-state index contributed by atoms with van der Waals surface area (Å²) in [5.74, 6) is 0.551. The number of ether oxygens (including phenoxy) is 1. The summed E-state index contributed by atoms with van der Waals surface area (Å²) < 4.78 is 5.46. The van der Waals surface area contributed by atoms with Gasteiger partial charge in [-0.2, -0.15) is 0 Å². The number of rotatable bonds is 7. The fourth-order valence-corrected chi connectivity index (χ4v) is 1.59. The molecule has 0 saturated carbocycles. The molecule has 1 unspecified atom stereocenters. The first-order valence-electron chi connectivity index (χ1n) is 6.66. The molecule has 5 heteroatoms. The molecule has 1 aromatic rings. The van der Waals surface area contributed by atoms with Gasteiger partial charge in [0, 0.05) is 12.1 Å². The Morgan fingerprint density at radius 1 is 1.25 bits per heavy atom. The summed E-state index contributed by atoms with van der Waals surface area (Å²) in [6.45, 7) is 7.68. The molecule has 1 rings (SSSR count). The Bertz CT molecular complexity index is 429. The molecule has 0 radical (unpaired) electrons. The van der Waals surface area contributed by atoms with E-state index in [1.807, 2.05) is 26.0 Å². The number of benzene rings is 1. The molecule has 1 atom stereocenters. The third kappa shape index (κ3) is 4.94. The van der Waals surface area contributed by atoms with Gasteiger partial charge in [-0.1, -0.05) is 23.7 Å². The maximum atomic E-state index is 10.0. The van der Waals surface area contributed by atoms with Gasteiger partial charge in [-0.25, -0.2) is 0 Å². The fraction of sp³-hybridized carbons (Fsp3) is 0.600. The van der Waals surface area contributed by atoms with Crippen LogP contribution in [0.2, 0.25) is 5.02 Å². The van der Waals surface area contributed by atoms with Gasteiger partial charge in [0.25, 0.3) is 0 Å². The molecule has 3 N–H and O–H groups in total. The van der Waals surface area contributed by atoms with E-state index in [1.54, 1.807) is 26.0 Å². The first-order valence-corrected chi connectivity index (χ1v) is 7.04. The van der Waals surface area contributed by atoms with Crippen molar-refractivity contribution in [2.24, 2.45) is 0 Å². The second-order valence-electron chi connectivity index (χ2n) is 5.96. The van der Waals surface area contributed by atoms with Crippen LogP contribution in [0.4, 0.5) is 0 Å². The fourth-order valence-electron chi connectivity index (χ4n) is 1.40. The van der Waals surface area contributed by atoms with Crippen molar-refractivity contribution in [3.63, 3.8) is 0 Å². The van der Waals surface area contributed by atoms with Gasteiger partial charge in [0.15, 0.2) is 0 Å². The van der Waals surface area contributed by atoms with E-state index in [0.29, 0.717) is 17.3 Å². The molecule has 0 heterocycles. The Labute approximate surface area is 125 Å². The average molecular weight is 302 g/mol. The highest BCUT2D eigenvalue weighted by molar-refractivity contribution is 6.32. The molecular weight excluding hydrogens is 278 g/mol. The SMILES string of the molecule is CC(C)(O)C(C)(C)NCC(O)COc1ccccc1Cl. The zero-order valence-electron chi connectivity index (χ0n) is 12.5. The van der Waals surface area contributed by atoms with Crippen LogP contribution in [0, 0.1) is 0 Å². The lowest BCUT2D eigenvalue weighted by molar-refractivity contribution is -0.0120. The second kappa shape index (κ2) is 6.76. The molecule has 0 aromatic heterocycles. The molecule has 0 aliphatic carbocycles. The van der Waals surface area contributed by atoms with Crippen molar-refractivity contribution in [2.45, 2.75) is 44.9 Å². The maximum absolute atomic E-state index is 10.0. The number of β-amino-alcohol motifs (C(OH)–C–C–N with tert-alkyl or cyclic N) is 1. The van der Waals surface area contributed by atoms with Crippen LogP contribution >= 0.6 is 11.6 Å². The number of hydrogen-bond donors (Lipinski definition) is 3. The summed E-state index contributed by atoms with van der Waals surface area (Å²) in [6, 6.07) is 7.13. The Balaban J connectivity index is 2.42. The van der Waals surface area contributed by atoms with Crippen molar-refractivity contribution >= 4 is 11.6 Å².